The van der Waals surface area contributed by atoms with Crippen LogP contribution in [-0.2, 0) is 6.61 Å². The van der Waals surface area contributed by atoms with E-state index < -0.39 is 0 Å². The zero-order chi connectivity index (χ0) is 16.2. The second-order valence-corrected chi connectivity index (χ2v) is 6.40. The standard InChI is InChI=1S/C17H15ClFNO2S/c1-21-15-9-12(17-20-6-7-23-17)8-13(18)16(15)22-10-11-4-2-3-5-14(11)19/h2-5,8-9H,6-7,10H2,1H3. The fourth-order valence-electron chi connectivity index (χ4n) is 2.26. The van der Waals surface area contributed by atoms with E-state index in [-0.39, 0.29) is 12.4 Å². The van der Waals surface area contributed by atoms with Crippen LogP contribution in [0.5, 0.6) is 11.5 Å². The maximum atomic E-state index is 13.7. The predicted molar refractivity (Wildman–Crippen MR) is 92.6 cm³/mol. The van der Waals surface area contributed by atoms with Gasteiger partial charge in [-0.3, -0.25) is 4.99 Å². The van der Waals surface area contributed by atoms with Crippen LogP contribution in [0.25, 0.3) is 0 Å². The van der Waals surface area contributed by atoms with E-state index in [1.165, 1.54) is 6.07 Å². The highest BCUT2D eigenvalue weighted by atomic mass is 35.5. The third kappa shape index (κ3) is 3.62. The van der Waals surface area contributed by atoms with Crippen molar-refractivity contribution in [2.75, 3.05) is 19.4 Å². The molecule has 0 radical (unpaired) electrons. The van der Waals surface area contributed by atoms with Gasteiger partial charge >= 0.3 is 0 Å². The fraction of sp³-hybridized carbons (Fsp3) is 0.235. The van der Waals surface area contributed by atoms with Crippen LogP contribution >= 0.6 is 23.4 Å². The van der Waals surface area contributed by atoms with Crippen LogP contribution in [0.2, 0.25) is 5.02 Å². The lowest BCUT2D eigenvalue weighted by molar-refractivity contribution is 0.280. The molecule has 0 aliphatic carbocycles. The number of aliphatic imine (C=N–C) groups is 1. The molecule has 0 spiro atoms. The molecule has 0 fully saturated rings. The van der Waals surface area contributed by atoms with Gasteiger partial charge in [0.1, 0.15) is 12.4 Å². The van der Waals surface area contributed by atoms with E-state index in [0.29, 0.717) is 22.1 Å². The number of hydrogen-bond acceptors (Lipinski definition) is 4. The van der Waals surface area contributed by atoms with Gasteiger partial charge in [0.05, 0.1) is 17.2 Å². The van der Waals surface area contributed by atoms with Crippen LogP contribution < -0.4 is 9.47 Å². The molecule has 2 aromatic carbocycles. The Kier molecular flexibility index (Phi) is 5.08. The molecule has 0 atom stereocenters. The Hall–Kier alpha value is -1.72. The SMILES string of the molecule is COc1cc(C2=NCCS2)cc(Cl)c1OCc1ccccc1F. The smallest absolute Gasteiger partial charge is 0.180 e. The lowest BCUT2D eigenvalue weighted by atomic mass is 10.2. The average molecular weight is 352 g/mol. The summed E-state index contributed by atoms with van der Waals surface area (Å²) in [5, 5.41) is 1.37. The lowest BCUT2D eigenvalue weighted by Crippen LogP contribution is -2.02. The highest BCUT2D eigenvalue weighted by Gasteiger charge is 2.17. The summed E-state index contributed by atoms with van der Waals surface area (Å²) in [6.07, 6.45) is 0. The van der Waals surface area contributed by atoms with E-state index in [4.69, 9.17) is 21.1 Å². The predicted octanol–water partition coefficient (Wildman–Crippen LogP) is 4.56. The van der Waals surface area contributed by atoms with Crippen molar-refractivity contribution in [3.8, 4) is 11.5 Å². The minimum Gasteiger partial charge on any atom is -0.493 e. The molecule has 3 rings (SSSR count). The molecule has 3 nitrogen and oxygen atoms in total. The number of rotatable bonds is 5. The van der Waals surface area contributed by atoms with Gasteiger partial charge in [0.15, 0.2) is 11.5 Å². The summed E-state index contributed by atoms with van der Waals surface area (Å²) in [7, 11) is 1.55. The molecular weight excluding hydrogens is 337 g/mol. The summed E-state index contributed by atoms with van der Waals surface area (Å²) in [5.74, 6) is 1.58. The first-order valence-electron chi connectivity index (χ1n) is 7.10. The molecule has 120 valence electrons. The van der Waals surface area contributed by atoms with Gasteiger partial charge in [0.25, 0.3) is 0 Å². The Morgan fingerprint density at radius 1 is 1.30 bits per heavy atom. The van der Waals surface area contributed by atoms with Crippen molar-refractivity contribution in [1.29, 1.82) is 0 Å². The van der Waals surface area contributed by atoms with Crippen LogP contribution in [0.1, 0.15) is 11.1 Å². The molecule has 0 bridgehead atoms. The third-order valence-electron chi connectivity index (χ3n) is 3.39. The van der Waals surface area contributed by atoms with Gasteiger partial charge in [-0.2, -0.15) is 0 Å². The molecule has 0 N–H and O–H groups in total. The number of benzene rings is 2. The number of thioether (sulfide) groups is 1. The Morgan fingerprint density at radius 3 is 2.83 bits per heavy atom. The lowest BCUT2D eigenvalue weighted by Gasteiger charge is -2.14. The summed E-state index contributed by atoms with van der Waals surface area (Å²) in [4.78, 5) is 4.43. The van der Waals surface area contributed by atoms with Gasteiger partial charge in [-0.05, 0) is 18.2 Å². The van der Waals surface area contributed by atoms with Crippen LogP contribution in [0.4, 0.5) is 4.39 Å². The molecule has 0 aromatic heterocycles. The molecule has 0 unspecified atom stereocenters. The minimum absolute atomic E-state index is 0.0811. The van der Waals surface area contributed by atoms with Gasteiger partial charge in [0.2, 0.25) is 0 Å². The van der Waals surface area contributed by atoms with E-state index in [1.807, 2.05) is 6.07 Å². The molecule has 0 saturated carbocycles. The van der Waals surface area contributed by atoms with Gasteiger partial charge in [-0.25, -0.2) is 4.39 Å². The summed E-state index contributed by atoms with van der Waals surface area (Å²) in [5.41, 5.74) is 1.37. The molecule has 6 heteroatoms. The van der Waals surface area contributed by atoms with Crippen molar-refractivity contribution in [2.45, 2.75) is 6.61 Å². The molecule has 23 heavy (non-hydrogen) atoms. The van der Waals surface area contributed by atoms with Crippen LogP contribution in [0.15, 0.2) is 41.4 Å². The summed E-state index contributed by atoms with van der Waals surface area (Å²) in [6.45, 7) is 0.892. The van der Waals surface area contributed by atoms with Crippen molar-refractivity contribution in [1.82, 2.24) is 0 Å². The molecule has 1 aliphatic heterocycles. The number of methoxy groups -OCH3 is 1. The highest BCUT2D eigenvalue weighted by Crippen LogP contribution is 2.38. The second kappa shape index (κ2) is 7.23. The Morgan fingerprint density at radius 2 is 2.13 bits per heavy atom. The maximum Gasteiger partial charge on any atom is 0.180 e. The first kappa shape index (κ1) is 16.1. The van der Waals surface area contributed by atoms with Gasteiger partial charge in [0, 0.05) is 23.4 Å². The first-order chi connectivity index (χ1) is 11.2. The van der Waals surface area contributed by atoms with Crippen molar-refractivity contribution in [3.63, 3.8) is 0 Å². The van der Waals surface area contributed by atoms with Gasteiger partial charge in [-0.1, -0.05) is 29.8 Å². The first-order valence-corrected chi connectivity index (χ1v) is 8.46. The second-order valence-electron chi connectivity index (χ2n) is 4.90. The number of nitrogens with zero attached hydrogens (tertiary/aromatic N) is 1. The molecule has 1 aliphatic rings. The molecule has 0 saturated heterocycles. The number of ether oxygens (including phenoxy) is 2. The van der Waals surface area contributed by atoms with Crippen molar-refractivity contribution in [2.24, 2.45) is 4.99 Å². The summed E-state index contributed by atoms with van der Waals surface area (Å²) < 4.78 is 24.8. The van der Waals surface area contributed by atoms with Crippen molar-refractivity contribution < 1.29 is 13.9 Å². The largest absolute Gasteiger partial charge is 0.493 e. The molecule has 0 amide bonds. The third-order valence-corrected chi connectivity index (χ3v) is 4.70. The number of halogens is 2. The maximum absolute atomic E-state index is 13.7. The number of hydrogen-bond donors (Lipinski definition) is 0. The van der Waals surface area contributed by atoms with E-state index in [9.17, 15) is 4.39 Å². The van der Waals surface area contributed by atoms with Gasteiger partial charge < -0.3 is 9.47 Å². The van der Waals surface area contributed by atoms with E-state index >= 15 is 0 Å². The van der Waals surface area contributed by atoms with Crippen LogP contribution in [0, 0.1) is 5.82 Å². The highest BCUT2D eigenvalue weighted by molar-refractivity contribution is 8.14. The van der Waals surface area contributed by atoms with E-state index in [1.54, 1.807) is 43.1 Å². The summed E-state index contributed by atoms with van der Waals surface area (Å²) >= 11 is 8.02. The van der Waals surface area contributed by atoms with Crippen molar-refractivity contribution >= 4 is 28.4 Å². The zero-order valence-electron chi connectivity index (χ0n) is 12.5. The van der Waals surface area contributed by atoms with Gasteiger partial charge in [-0.15, -0.1) is 11.8 Å². The minimum atomic E-state index is -0.309. The quantitative estimate of drug-likeness (QED) is 0.791. The van der Waals surface area contributed by atoms with E-state index in [2.05, 4.69) is 4.99 Å². The van der Waals surface area contributed by atoms with Crippen LogP contribution in [0.3, 0.4) is 0 Å². The zero-order valence-corrected chi connectivity index (χ0v) is 14.1. The van der Waals surface area contributed by atoms with E-state index in [0.717, 1.165) is 22.9 Å². The molecular formula is C17H15ClFNO2S. The molecule has 2 aromatic rings. The average Bonchev–Trinajstić information content (AvgIpc) is 3.09. The summed E-state index contributed by atoms with van der Waals surface area (Å²) in [6, 6.07) is 10.1. The fourth-order valence-corrected chi connectivity index (χ4v) is 3.37. The Bertz CT molecular complexity index is 751. The van der Waals surface area contributed by atoms with Crippen LogP contribution in [-0.4, -0.2) is 24.5 Å². The monoisotopic (exact) mass is 351 g/mol. The Balaban J connectivity index is 1.85. The Labute approximate surface area is 143 Å². The van der Waals surface area contributed by atoms with Crippen molar-refractivity contribution in [3.05, 3.63) is 58.4 Å². The normalized spacial score (nSPS) is 13.8. The molecule has 1 heterocycles. The topological polar surface area (TPSA) is 30.8 Å².